The van der Waals surface area contributed by atoms with E-state index in [0.717, 1.165) is 25.2 Å². The summed E-state index contributed by atoms with van der Waals surface area (Å²) in [7, 11) is 3.39. The highest BCUT2D eigenvalue weighted by molar-refractivity contribution is 5.92. The molecule has 6 nitrogen and oxygen atoms in total. The number of carbonyl (C=O) groups is 1. The Morgan fingerprint density at radius 1 is 1.20 bits per heavy atom. The Hall–Kier alpha value is -2.60. The molecular weight excluding hydrogens is 320 g/mol. The quantitative estimate of drug-likeness (QED) is 0.807. The van der Waals surface area contributed by atoms with Gasteiger partial charge in [0.05, 0.1) is 19.4 Å². The Kier molecular flexibility index (Phi) is 5.50. The van der Waals surface area contributed by atoms with E-state index in [9.17, 15) is 4.79 Å². The molecule has 6 heteroatoms. The van der Waals surface area contributed by atoms with Gasteiger partial charge in [0.2, 0.25) is 0 Å². The fourth-order valence-corrected chi connectivity index (χ4v) is 2.72. The Labute approximate surface area is 147 Å². The van der Waals surface area contributed by atoms with Gasteiger partial charge < -0.3 is 19.1 Å². The van der Waals surface area contributed by atoms with Crippen LogP contribution in [0, 0.1) is 0 Å². The van der Waals surface area contributed by atoms with Gasteiger partial charge in [0.1, 0.15) is 22.9 Å². The zero-order chi connectivity index (χ0) is 17.6. The summed E-state index contributed by atoms with van der Waals surface area (Å²) in [6, 6.07) is 10.7. The molecule has 3 rings (SSSR count). The Balaban J connectivity index is 1.59. The molecule has 0 spiro atoms. The zero-order valence-corrected chi connectivity index (χ0v) is 14.5. The second-order valence-corrected chi connectivity index (χ2v) is 5.98. The number of aromatic nitrogens is 1. The number of benzene rings is 1. The standard InChI is InChI=1S/C19H22N2O4/c1-21(13-17-4-3-11-24-17)19(22)18-10-9-16(12-20-18)25-15-7-5-14(23-2)6-8-15/h5-10,12,17H,3-4,11,13H2,1-2H3/t17-/m1/s1. The minimum absolute atomic E-state index is 0.119. The van der Waals surface area contributed by atoms with Gasteiger partial charge in [-0.3, -0.25) is 4.79 Å². The summed E-state index contributed by atoms with van der Waals surface area (Å²) in [5.74, 6) is 1.90. The number of rotatable bonds is 6. The van der Waals surface area contributed by atoms with Crippen LogP contribution in [0.3, 0.4) is 0 Å². The van der Waals surface area contributed by atoms with Gasteiger partial charge in [0, 0.05) is 20.2 Å². The van der Waals surface area contributed by atoms with E-state index in [2.05, 4.69) is 4.98 Å². The molecule has 0 unspecified atom stereocenters. The van der Waals surface area contributed by atoms with Crippen molar-refractivity contribution in [3.63, 3.8) is 0 Å². The van der Waals surface area contributed by atoms with E-state index in [1.165, 1.54) is 0 Å². The average Bonchev–Trinajstić information content (AvgIpc) is 3.15. The van der Waals surface area contributed by atoms with E-state index in [1.807, 2.05) is 24.3 Å². The normalized spacial score (nSPS) is 16.5. The van der Waals surface area contributed by atoms with E-state index in [1.54, 1.807) is 37.4 Å². The van der Waals surface area contributed by atoms with Crippen LogP contribution >= 0.6 is 0 Å². The number of hydrogen-bond donors (Lipinski definition) is 0. The smallest absolute Gasteiger partial charge is 0.272 e. The predicted molar refractivity (Wildman–Crippen MR) is 93.2 cm³/mol. The first-order chi connectivity index (χ1) is 12.2. The molecule has 0 bridgehead atoms. The maximum absolute atomic E-state index is 12.4. The number of pyridine rings is 1. The number of methoxy groups -OCH3 is 1. The van der Waals surface area contributed by atoms with Gasteiger partial charge in [-0.05, 0) is 49.2 Å². The molecule has 1 saturated heterocycles. The molecule has 1 aliphatic rings. The molecule has 1 aromatic carbocycles. The number of likely N-dealkylation sites (N-methyl/N-ethyl adjacent to an activating group) is 1. The largest absolute Gasteiger partial charge is 0.497 e. The van der Waals surface area contributed by atoms with Crippen molar-refractivity contribution in [2.75, 3.05) is 27.3 Å². The number of ether oxygens (including phenoxy) is 3. The molecule has 0 aliphatic carbocycles. The minimum atomic E-state index is -0.119. The third-order valence-corrected chi connectivity index (χ3v) is 4.10. The predicted octanol–water partition coefficient (Wildman–Crippen LogP) is 3.13. The maximum Gasteiger partial charge on any atom is 0.272 e. The Morgan fingerprint density at radius 2 is 1.92 bits per heavy atom. The van der Waals surface area contributed by atoms with Crippen molar-refractivity contribution in [2.45, 2.75) is 18.9 Å². The van der Waals surface area contributed by atoms with Crippen LogP contribution in [0.1, 0.15) is 23.3 Å². The number of hydrogen-bond acceptors (Lipinski definition) is 5. The molecular formula is C19H22N2O4. The number of amides is 1. The molecule has 25 heavy (non-hydrogen) atoms. The van der Waals surface area contributed by atoms with E-state index < -0.39 is 0 Å². The lowest BCUT2D eigenvalue weighted by atomic mass is 10.2. The van der Waals surface area contributed by atoms with E-state index >= 15 is 0 Å². The van der Waals surface area contributed by atoms with Gasteiger partial charge >= 0.3 is 0 Å². The molecule has 2 heterocycles. The average molecular weight is 342 g/mol. The Morgan fingerprint density at radius 3 is 2.52 bits per heavy atom. The van der Waals surface area contributed by atoms with Gasteiger partial charge in [-0.15, -0.1) is 0 Å². The van der Waals surface area contributed by atoms with Crippen molar-refractivity contribution < 1.29 is 19.0 Å². The van der Waals surface area contributed by atoms with E-state index in [0.29, 0.717) is 23.7 Å². The maximum atomic E-state index is 12.4. The molecule has 2 aromatic rings. The third-order valence-electron chi connectivity index (χ3n) is 4.10. The lowest BCUT2D eigenvalue weighted by molar-refractivity contribution is 0.0582. The highest BCUT2D eigenvalue weighted by atomic mass is 16.5. The van der Waals surface area contributed by atoms with Crippen LogP contribution in [0.25, 0.3) is 0 Å². The molecule has 0 N–H and O–H groups in total. The van der Waals surface area contributed by atoms with Gasteiger partial charge in [0.25, 0.3) is 5.91 Å². The van der Waals surface area contributed by atoms with Gasteiger partial charge in [-0.2, -0.15) is 0 Å². The van der Waals surface area contributed by atoms with Crippen LogP contribution in [-0.2, 0) is 4.74 Å². The second kappa shape index (κ2) is 7.98. The third kappa shape index (κ3) is 4.48. The zero-order valence-electron chi connectivity index (χ0n) is 14.5. The van der Waals surface area contributed by atoms with Crippen LogP contribution < -0.4 is 9.47 Å². The van der Waals surface area contributed by atoms with Gasteiger partial charge in [-0.25, -0.2) is 4.98 Å². The van der Waals surface area contributed by atoms with Crippen LogP contribution in [0.15, 0.2) is 42.6 Å². The highest BCUT2D eigenvalue weighted by Gasteiger charge is 2.21. The minimum Gasteiger partial charge on any atom is -0.497 e. The van der Waals surface area contributed by atoms with Crippen molar-refractivity contribution in [1.29, 1.82) is 0 Å². The summed E-state index contributed by atoms with van der Waals surface area (Å²) in [6.07, 6.45) is 3.74. The summed E-state index contributed by atoms with van der Waals surface area (Å²) in [5, 5.41) is 0. The van der Waals surface area contributed by atoms with Crippen LogP contribution in [0.5, 0.6) is 17.2 Å². The summed E-state index contributed by atoms with van der Waals surface area (Å²) in [5.41, 5.74) is 0.391. The molecule has 0 saturated carbocycles. The SMILES string of the molecule is COc1ccc(Oc2ccc(C(=O)N(C)C[C@H]3CCCO3)nc2)cc1. The van der Waals surface area contributed by atoms with Crippen molar-refractivity contribution in [2.24, 2.45) is 0 Å². The first-order valence-corrected chi connectivity index (χ1v) is 8.31. The van der Waals surface area contributed by atoms with Crippen molar-refractivity contribution in [1.82, 2.24) is 9.88 Å². The van der Waals surface area contributed by atoms with Crippen molar-refractivity contribution in [3.05, 3.63) is 48.3 Å². The van der Waals surface area contributed by atoms with E-state index in [4.69, 9.17) is 14.2 Å². The molecule has 1 atom stereocenters. The second-order valence-electron chi connectivity index (χ2n) is 5.98. The molecule has 132 valence electrons. The molecule has 0 radical (unpaired) electrons. The summed E-state index contributed by atoms with van der Waals surface area (Å²) in [6.45, 7) is 1.37. The lowest BCUT2D eigenvalue weighted by Crippen LogP contribution is -2.34. The lowest BCUT2D eigenvalue weighted by Gasteiger charge is -2.20. The van der Waals surface area contributed by atoms with Gasteiger partial charge in [0.15, 0.2) is 0 Å². The van der Waals surface area contributed by atoms with Crippen LogP contribution in [0.2, 0.25) is 0 Å². The van der Waals surface area contributed by atoms with Gasteiger partial charge in [-0.1, -0.05) is 0 Å². The first-order valence-electron chi connectivity index (χ1n) is 8.31. The molecule has 1 amide bonds. The fourth-order valence-electron chi connectivity index (χ4n) is 2.72. The van der Waals surface area contributed by atoms with Crippen LogP contribution in [-0.4, -0.2) is 49.2 Å². The highest BCUT2D eigenvalue weighted by Crippen LogP contribution is 2.23. The Bertz CT molecular complexity index is 694. The molecule has 1 aromatic heterocycles. The first kappa shape index (κ1) is 17.2. The van der Waals surface area contributed by atoms with Crippen LogP contribution in [0.4, 0.5) is 0 Å². The summed E-state index contributed by atoms with van der Waals surface area (Å²) >= 11 is 0. The number of carbonyl (C=O) groups excluding carboxylic acids is 1. The number of nitrogens with zero attached hydrogens (tertiary/aromatic N) is 2. The van der Waals surface area contributed by atoms with Crippen molar-refractivity contribution >= 4 is 5.91 Å². The summed E-state index contributed by atoms with van der Waals surface area (Å²) in [4.78, 5) is 18.3. The fraction of sp³-hybridized carbons (Fsp3) is 0.368. The topological polar surface area (TPSA) is 60.9 Å². The van der Waals surface area contributed by atoms with Crippen molar-refractivity contribution in [3.8, 4) is 17.2 Å². The summed E-state index contributed by atoms with van der Waals surface area (Å²) < 4.78 is 16.4. The van der Waals surface area contributed by atoms with E-state index in [-0.39, 0.29) is 12.0 Å². The molecule has 1 fully saturated rings. The monoisotopic (exact) mass is 342 g/mol. The molecule has 1 aliphatic heterocycles.